The lowest BCUT2D eigenvalue weighted by atomic mass is 9.99. The van der Waals surface area contributed by atoms with Crippen LogP contribution >= 0.6 is 0 Å². The summed E-state index contributed by atoms with van der Waals surface area (Å²) < 4.78 is 5.36. The fourth-order valence-corrected chi connectivity index (χ4v) is 2.56. The van der Waals surface area contributed by atoms with E-state index in [2.05, 4.69) is 0 Å². The van der Waals surface area contributed by atoms with E-state index in [1.807, 2.05) is 30.3 Å². The Bertz CT molecular complexity index is 472. The summed E-state index contributed by atoms with van der Waals surface area (Å²) in [4.78, 5) is 25.4. The predicted molar refractivity (Wildman–Crippen MR) is 71.3 cm³/mol. The van der Waals surface area contributed by atoms with Crippen molar-refractivity contribution >= 4 is 11.9 Å². The van der Waals surface area contributed by atoms with Gasteiger partial charge < -0.3 is 9.64 Å². The number of esters is 1. The van der Waals surface area contributed by atoms with Crippen LogP contribution in [0, 0.1) is 0 Å². The second kappa shape index (κ2) is 5.43. The maximum absolute atomic E-state index is 12.2. The molecule has 1 saturated heterocycles. The molecule has 0 aliphatic carbocycles. The summed E-state index contributed by atoms with van der Waals surface area (Å²) in [6, 6.07) is 9.55. The summed E-state index contributed by atoms with van der Waals surface area (Å²) in [5.74, 6) is -0.388. The minimum atomic E-state index is -0.805. The lowest BCUT2D eigenvalue weighted by Gasteiger charge is -2.32. The lowest BCUT2D eigenvalue weighted by Crippen LogP contribution is -2.50. The predicted octanol–water partition coefficient (Wildman–Crippen LogP) is 2.13. The van der Waals surface area contributed by atoms with E-state index in [1.54, 1.807) is 11.8 Å². The molecule has 1 fully saturated rings. The second-order valence-corrected chi connectivity index (χ2v) is 5.11. The summed E-state index contributed by atoms with van der Waals surface area (Å²) >= 11 is 0. The van der Waals surface area contributed by atoms with E-state index in [-0.39, 0.29) is 18.5 Å². The van der Waals surface area contributed by atoms with Crippen molar-refractivity contribution in [2.45, 2.75) is 38.8 Å². The Morgan fingerprint density at radius 3 is 2.63 bits per heavy atom. The van der Waals surface area contributed by atoms with Gasteiger partial charge in [-0.15, -0.1) is 0 Å². The number of hydrogen-bond donors (Lipinski definition) is 0. The second-order valence-electron chi connectivity index (χ2n) is 5.11. The first kappa shape index (κ1) is 13.6. The van der Waals surface area contributed by atoms with Crippen molar-refractivity contribution in [3.8, 4) is 0 Å². The van der Waals surface area contributed by atoms with Gasteiger partial charge in [-0.2, -0.15) is 0 Å². The number of carbonyl (C=O) groups excluding carboxylic acids is 2. The van der Waals surface area contributed by atoms with E-state index in [0.29, 0.717) is 13.0 Å². The number of likely N-dealkylation sites (tertiary alicyclic amines) is 1. The highest BCUT2D eigenvalue weighted by Gasteiger charge is 2.45. The Morgan fingerprint density at radius 1 is 1.32 bits per heavy atom. The van der Waals surface area contributed by atoms with E-state index < -0.39 is 5.54 Å². The van der Waals surface area contributed by atoms with Crippen molar-refractivity contribution in [2.75, 3.05) is 6.54 Å². The van der Waals surface area contributed by atoms with Crippen molar-refractivity contribution in [3.63, 3.8) is 0 Å². The third kappa shape index (κ3) is 2.78. The molecule has 1 amide bonds. The van der Waals surface area contributed by atoms with Crippen molar-refractivity contribution in [3.05, 3.63) is 35.9 Å². The van der Waals surface area contributed by atoms with E-state index in [0.717, 1.165) is 12.0 Å². The van der Waals surface area contributed by atoms with Crippen molar-refractivity contribution in [1.82, 2.24) is 4.90 Å². The molecule has 102 valence electrons. The standard InChI is InChI=1S/C15H19NO3/c1-12(17)16-10-6-9-15(16,2)14(18)19-11-13-7-4-3-5-8-13/h3-5,7-8H,6,9-11H2,1-2H3/t15-/m1/s1. The zero-order chi connectivity index (χ0) is 13.9. The van der Waals surface area contributed by atoms with E-state index in [1.165, 1.54) is 6.92 Å². The van der Waals surface area contributed by atoms with Crippen molar-refractivity contribution in [1.29, 1.82) is 0 Å². The summed E-state index contributed by atoms with van der Waals surface area (Å²) in [7, 11) is 0. The van der Waals surface area contributed by atoms with Crippen LogP contribution in [-0.4, -0.2) is 28.9 Å². The molecule has 1 atom stereocenters. The summed E-state index contributed by atoms with van der Waals surface area (Å²) in [5, 5.41) is 0. The van der Waals surface area contributed by atoms with Gasteiger partial charge in [0.2, 0.25) is 5.91 Å². The molecule has 1 heterocycles. The van der Waals surface area contributed by atoms with Gasteiger partial charge in [0.15, 0.2) is 0 Å². The van der Waals surface area contributed by atoms with E-state index in [9.17, 15) is 9.59 Å². The number of benzene rings is 1. The first-order valence-electron chi connectivity index (χ1n) is 6.53. The minimum Gasteiger partial charge on any atom is -0.459 e. The van der Waals surface area contributed by atoms with Crippen LogP contribution in [0.2, 0.25) is 0 Å². The molecule has 0 spiro atoms. The lowest BCUT2D eigenvalue weighted by molar-refractivity contribution is -0.161. The smallest absolute Gasteiger partial charge is 0.332 e. The summed E-state index contributed by atoms with van der Waals surface area (Å²) in [5.41, 5.74) is 0.146. The first-order valence-corrected chi connectivity index (χ1v) is 6.53. The molecular formula is C15H19NO3. The first-order chi connectivity index (χ1) is 9.04. The highest BCUT2D eigenvalue weighted by atomic mass is 16.5. The van der Waals surface area contributed by atoms with Crippen LogP contribution in [0.1, 0.15) is 32.3 Å². The maximum atomic E-state index is 12.2. The molecule has 4 nitrogen and oxygen atoms in total. The molecule has 0 saturated carbocycles. The van der Waals surface area contributed by atoms with Gasteiger partial charge in [-0.25, -0.2) is 4.79 Å². The Hall–Kier alpha value is -1.84. The Balaban J connectivity index is 2.01. The topological polar surface area (TPSA) is 46.6 Å². The van der Waals surface area contributed by atoms with Crippen LogP contribution in [0.25, 0.3) is 0 Å². The molecule has 2 rings (SSSR count). The average molecular weight is 261 g/mol. The van der Waals surface area contributed by atoms with Crippen molar-refractivity contribution < 1.29 is 14.3 Å². The zero-order valence-electron chi connectivity index (χ0n) is 11.4. The van der Waals surface area contributed by atoms with E-state index in [4.69, 9.17) is 4.74 Å². The molecule has 1 aromatic rings. The van der Waals surface area contributed by atoms with Crippen LogP contribution in [-0.2, 0) is 20.9 Å². The Morgan fingerprint density at radius 2 is 2.00 bits per heavy atom. The van der Waals surface area contributed by atoms with Gasteiger partial charge in [0.1, 0.15) is 12.1 Å². The van der Waals surface area contributed by atoms with Crippen LogP contribution in [0.15, 0.2) is 30.3 Å². The fraction of sp³-hybridized carbons (Fsp3) is 0.467. The monoisotopic (exact) mass is 261 g/mol. The van der Waals surface area contributed by atoms with Crippen LogP contribution in [0.5, 0.6) is 0 Å². The number of nitrogens with zero attached hydrogens (tertiary/aromatic N) is 1. The summed E-state index contributed by atoms with van der Waals surface area (Å²) in [6.45, 7) is 4.16. The number of ether oxygens (including phenoxy) is 1. The van der Waals surface area contributed by atoms with Crippen LogP contribution < -0.4 is 0 Å². The van der Waals surface area contributed by atoms with Gasteiger partial charge >= 0.3 is 5.97 Å². The summed E-state index contributed by atoms with van der Waals surface area (Å²) in [6.07, 6.45) is 1.51. The highest BCUT2D eigenvalue weighted by Crippen LogP contribution is 2.30. The third-order valence-electron chi connectivity index (χ3n) is 3.67. The molecule has 19 heavy (non-hydrogen) atoms. The largest absolute Gasteiger partial charge is 0.459 e. The minimum absolute atomic E-state index is 0.0725. The Kier molecular flexibility index (Phi) is 3.88. The quantitative estimate of drug-likeness (QED) is 0.783. The molecule has 0 N–H and O–H groups in total. The van der Waals surface area contributed by atoms with Gasteiger partial charge in [0, 0.05) is 13.5 Å². The van der Waals surface area contributed by atoms with Gasteiger partial charge in [-0.05, 0) is 25.3 Å². The molecule has 4 heteroatoms. The molecule has 1 aromatic carbocycles. The molecular weight excluding hydrogens is 242 g/mol. The molecule has 0 unspecified atom stereocenters. The van der Waals surface area contributed by atoms with Gasteiger partial charge in [0.25, 0.3) is 0 Å². The number of rotatable bonds is 3. The Labute approximate surface area is 113 Å². The van der Waals surface area contributed by atoms with Gasteiger partial charge in [-0.3, -0.25) is 4.79 Å². The van der Waals surface area contributed by atoms with Crippen LogP contribution in [0.4, 0.5) is 0 Å². The third-order valence-corrected chi connectivity index (χ3v) is 3.67. The SMILES string of the molecule is CC(=O)N1CCC[C@]1(C)C(=O)OCc1ccccc1. The normalized spacial score (nSPS) is 22.3. The maximum Gasteiger partial charge on any atom is 0.332 e. The molecule has 1 aliphatic heterocycles. The average Bonchev–Trinajstić information content (AvgIpc) is 2.81. The molecule has 0 aromatic heterocycles. The van der Waals surface area contributed by atoms with Crippen molar-refractivity contribution in [2.24, 2.45) is 0 Å². The van der Waals surface area contributed by atoms with Gasteiger partial charge in [0.05, 0.1) is 0 Å². The number of hydrogen-bond acceptors (Lipinski definition) is 3. The zero-order valence-corrected chi connectivity index (χ0v) is 11.4. The molecule has 0 radical (unpaired) electrons. The molecule has 1 aliphatic rings. The highest BCUT2D eigenvalue weighted by molar-refractivity contribution is 5.87. The fourth-order valence-electron chi connectivity index (χ4n) is 2.56. The number of carbonyl (C=O) groups is 2. The van der Waals surface area contributed by atoms with Crippen LogP contribution in [0.3, 0.4) is 0 Å². The molecule has 0 bridgehead atoms. The van der Waals surface area contributed by atoms with Gasteiger partial charge in [-0.1, -0.05) is 30.3 Å². The van der Waals surface area contributed by atoms with E-state index >= 15 is 0 Å². The number of amides is 1.